The lowest BCUT2D eigenvalue weighted by atomic mass is 9.63. The predicted octanol–water partition coefficient (Wildman–Crippen LogP) is 13.3. The quantitative estimate of drug-likeness (QED) is 0.178. The third-order valence-corrected chi connectivity index (χ3v) is 12.6. The van der Waals surface area contributed by atoms with Crippen molar-refractivity contribution in [3.8, 4) is 44.9 Å². The van der Waals surface area contributed by atoms with Gasteiger partial charge in [0.15, 0.2) is 0 Å². The van der Waals surface area contributed by atoms with Crippen LogP contribution in [0.25, 0.3) is 44.2 Å². The van der Waals surface area contributed by atoms with E-state index in [1.165, 1.54) is 72.0 Å². The van der Waals surface area contributed by atoms with Crippen LogP contribution in [-0.2, 0) is 10.8 Å². The Labute approximate surface area is 320 Å². The fraction of sp³-hybridized carbons (Fsp3) is 0.0370. The summed E-state index contributed by atoms with van der Waals surface area (Å²) >= 11 is 0. The highest BCUT2D eigenvalue weighted by molar-refractivity contribution is 6.06. The molecule has 1 aliphatic heterocycles. The van der Waals surface area contributed by atoms with Crippen LogP contribution >= 0.6 is 0 Å². The van der Waals surface area contributed by atoms with Gasteiger partial charge in [0.1, 0.15) is 11.5 Å². The van der Waals surface area contributed by atoms with Crippen LogP contribution in [0.3, 0.4) is 0 Å². The Morgan fingerprint density at radius 3 is 1.60 bits per heavy atom. The van der Waals surface area contributed by atoms with Crippen LogP contribution in [0.15, 0.2) is 206 Å². The maximum atomic E-state index is 6.88. The van der Waals surface area contributed by atoms with Crippen molar-refractivity contribution in [2.24, 2.45) is 0 Å². The van der Waals surface area contributed by atoms with Crippen molar-refractivity contribution >= 4 is 10.8 Å². The van der Waals surface area contributed by atoms with Crippen molar-refractivity contribution in [1.29, 1.82) is 0 Å². The number of hydrogen-bond acceptors (Lipinski definition) is 1. The molecule has 9 aromatic carbocycles. The molecule has 2 aliphatic carbocycles. The number of rotatable bonds is 3. The average Bonchev–Trinajstić information content (AvgIpc) is 3.73. The second-order valence-electron chi connectivity index (χ2n) is 15.1. The molecule has 0 fully saturated rings. The van der Waals surface area contributed by atoms with Crippen LogP contribution in [0.5, 0.6) is 11.5 Å². The van der Waals surface area contributed by atoms with E-state index in [1.807, 2.05) is 0 Å². The van der Waals surface area contributed by atoms with Crippen LogP contribution < -0.4 is 4.74 Å². The van der Waals surface area contributed by atoms with E-state index in [4.69, 9.17) is 4.74 Å². The first-order valence-electron chi connectivity index (χ1n) is 19.2. The Balaban J connectivity index is 1.08. The molecule has 55 heavy (non-hydrogen) atoms. The van der Waals surface area contributed by atoms with Crippen molar-refractivity contribution in [1.82, 2.24) is 0 Å². The summed E-state index contributed by atoms with van der Waals surface area (Å²) in [7, 11) is 0. The van der Waals surface area contributed by atoms with Crippen LogP contribution in [-0.4, -0.2) is 0 Å². The van der Waals surface area contributed by atoms with Gasteiger partial charge in [0, 0.05) is 11.1 Å². The highest BCUT2D eigenvalue weighted by atomic mass is 16.5. The molecule has 1 nitrogen and oxygen atoms in total. The Morgan fingerprint density at radius 2 is 0.836 bits per heavy atom. The van der Waals surface area contributed by atoms with E-state index >= 15 is 0 Å². The number of hydrogen-bond donors (Lipinski definition) is 0. The lowest BCUT2D eigenvalue weighted by Gasteiger charge is -2.41. The fourth-order valence-electron chi connectivity index (χ4n) is 10.5. The van der Waals surface area contributed by atoms with Crippen LogP contribution in [0.1, 0.15) is 44.5 Å². The molecule has 12 rings (SSSR count). The van der Waals surface area contributed by atoms with Crippen molar-refractivity contribution in [2.45, 2.75) is 10.8 Å². The second-order valence-corrected chi connectivity index (χ2v) is 15.1. The summed E-state index contributed by atoms with van der Waals surface area (Å²) < 4.78 is 6.88. The molecule has 0 saturated carbocycles. The van der Waals surface area contributed by atoms with Crippen LogP contribution in [0.2, 0.25) is 0 Å². The first-order chi connectivity index (χ1) is 27.3. The van der Waals surface area contributed by atoms with Gasteiger partial charge in [0.2, 0.25) is 0 Å². The molecule has 0 amide bonds. The van der Waals surface area contributed by atoms with E-state index in [0.29, 0.717) is 0 Å². The van der Waals surface area contributed by atoms with Crippen molar-refractivity contribution < 1.29 is 4.74 Å². The highest BCUT2D eigenvalue weighted by Crippen LogP contribution is 2.64. The first-order valence-corrected chi connectivity index (χ1v) is 19.2. The number of para-hydroxylation sites is 1. The molecule has 1 heteroatoms. The van der Waals surface area contributed by atoms with Gasteiger partial charge in [-0.2, -0.15) is 0 Å². The predicted molar refractivity (Wildman–Crippen MR) is 224 cm³/mol. The van der Waals surface area contributed by atoms with E-state index < -0.39 is 10.8 Å². The molecule has 0 saturated heterocycles. The van der Waals surface area contributed by atoms with E-state index in [0.717, 1.165) is 28.2 Å². The van der Waals surface area contributed by atoms with Gasteiger partial charge in [0.25, 0.3) is 0 Å². The van der Waals surface area contributed by atoms with E-state index in [2.05, 4.69) is 206 Å². The summed E-state index contributed by atoms with van der Waals surface area (Å²) in [4.78, 5) is 0. The molecule has 9 aromatic rings. The zero-order chi connectivity index (χ0) is 36.1. The number of fused-ring (bicyclic) bond motifs is 14. The fourth-order valence-corrected chi connectivity index (χ4v) is 10.5. The first kappa shape index (κ1) is 30.5. The molecule has 1 atom stereocenters. The molecular weight excluding hydrogens is 665 g/mol. The van der Waals surface area contributed by atoms with Gasteiger partial charge >= 0.3 is 0 Å². The Bertz CT molecular complexity index is 2970. The van der Waals surface area contributed by atoms with Gasteiger partial charge in [-0.1, -0.05) is 188 Å². The van der Waals surface area contributed by atoms with Crippen LogP contribution in [0.4, 0.5) is 0 Å². The van der Waals surface area contributed by atoms with Crippen LogP contribution in [0, 0.1) is 0 Å². The summed E-state index contributed by atoms with van der Waals surface area (Å²) in [6.07, 6.45) is 0. The summed E-state index contributed by atoms with van der Waals surface area (Å²) in [6, 6.07) is 76.0. The van der Waals surface area contributed by atoms with Crippen molar-refractivity contribution in [3.63, 3.8) is 0 Å². The second kappa shape index (κ2) is 11.3. The maximum Gasteiger partial charge on any atom is 0.132 e. The number of ether oxygens (including phenoxy) is 1. The van der Waals surface area contributed by atoms with Gasteiger partial charge in [-0.05, 0) is 95.7 Å². The molecule has 0 aromatic heterocycles. The zero-order valence-electron chi connectivity index (χ0n) is 30.0. The largest absolute Gasteiger partial charge is 0.457 e. The number of benzene rings is 9. The Kier molecular flexibility index (Phi) is 6.25. The molecule has 256 valence electrons. The topological polar surface area (TPSA) is 9.23 Å². The third-order valence-electron chi connectivity index (χ3n) is 12.6. The minimum absolute atomic E-state index is 0.395. The molecule has 0 N–H and O–H groups in total. The Morgan fingerprint density at radius 1 is 0.309 bits per heavy atom. The highest BCUT2D eigenvalue weighted by Gasteiger charge is 2.52. The normalized spacial score (nSPS) is 16.4. The SMILES string of the molecule is c1ccc(C2(c3ccccc3)c3ccccc3Oc3cc(-c4ccc5c(c4)-c4ccccc4C54c5ccccc5-c5c4ccc4ccccc54)ccc32)cc1. The minimum atomic E-state index is -0.540. The lowest BCUT2D eigenvalue weighted by molar-refractivity contribution is 0.435. The zero-order valence-corrected chi connectivity index (χ0v) is 30.0. The van der Waals surface area contributed by atoms with E-state index in [9.17, 15) is 0 Å². The van der Waals surface area contributed by atoms with Crippen molar-refractivity contribution in [2.75, 3.05) is 0 Å². The standard InChI is InChI=1S/C54H34O/c1-3-16-38(17-4-1)53(39-18-5-2-6-19-39)47-25-13-14-26-50(47)55-51-34-37(29-31-48(51)53)36-28-30-46-43(33-36)41-21-9-11-23-44(41)54(46)45-24-12-10-22-42(45)52-40-20-8-7-15-35(40)27-32-49(52)54/h1-34H. The van der Waals surface area contributed by atoms with Gasteiger partial charge in [-0.3, -0.25) is 0 Å². The molecule has 1 spiro atoms. The van der Waals surface area contributed by atoms with Gasteiger partial charge in [0.05, 0.1) is 10.8 Å². The smallest absolute Gasteiger partial charge is 0.132 e. The molecule has 1 heterocycles. The maximum absolute atomic E-state index is 6.88. The molecular formula is C54H34O. The van der Waals surface area contributed by atoms with E-state index in [-0.39, 0.29) is 0 Å². The van der Waals surface area contributed by atoms with Gasteiger partial charge < -0.3 is 4.74 Å². The monoisotopic (exact) mass is 698 g/mol. The third kappa shape index (κ3) is 3.92. The summed E-state index contributed by atoms with van der Waals surface area (Å²) in [5, 5.41) is 2.58. The van der Waals surface area contributed by atoms with E-state index in [1.54, 1.807) is 0 Å². The summed E-state index contributed by atoms with van der Waals surface area (Å²) in [5.41, 5.74) is 16.8. The lowest BCUT2D eigenvalue weighted by Crippen LogP contribution is -2.34. The van der Waals surface area contributed by atoms with Crippen molar-refractivity contribution in [3.05, 3.63) is 251 Å². The summed E-state index contributed by atoms with van der Waals surface area (Å²) in [5.74, 6) is 1.77. The minimum Gasteiger partial charge on any atom is -0.457 e. The Hall–Kier alpha value is -6.96. The molecule has 1 unspecified atom stereocenters. The average molecular weight is 699 g/mol. The molecule has 3 aliphatic rings. The summed E-state index contributed by atoms with van der Waals surface area (Å²) in [6.45, 7) is 0. The molecule has 0 bridgehead atoms. The van der Waals surface area contributed by atoms with Gasteiger partial charge in [-0.25, -0.2) is 0 Å². The van der Waals surface area contributed by atoms with Gasteiger partial charge in [-0.15, -0.1) is 0 Å². The molecule has 0 radical (unpaired) electrons.